The molecule has 6 nitrogen and oxygen atoms in total. The van der Waals surface area contributed by atoms with Crippen molar-refractivity contribution >= 4 is 11.3 Å². The van der Waals surface area contributed by atoms with E-state index in [9.17, 15) is 0 Å². The fourth-order valence-corrected chi connectivity index (χ4v) is 3.31. The Labute approximate surface area is 155 Å². The predicted octanol–water partition coefficient (Wildman–Crippen LogP) is 3.89. The predicted molar refractivity (Wildman–Crippen MR) is 100 cm³/mol. The number of aromatic nitrogens is 4. The molecule has 0 fully saturated rings. The van der Waals surface area contributed by atoms with Crippen molar-refractivity contribution in [1.82, 2.24) is 25.0 Å². The molecule has 0 N–H and O–H groups in total. The van der Waals surface area contributed by atoms with Gasteiger partial charge >= 0.3 is 0 Å². The summed E-state index contributed by atoms with van der Waals surface area (Å²) in [5.74, 6) is 1.57. The monoisotopic (exact) mass is 363 g/mol. The Morgan fingerprint density at radius 2 is 1.96 bits per heavy atom. The second-order valence-corrected chi connectivity index (χ2v) is 6.93. The standard InChI is InChI=1S/C19H17N5OS/c1-24(12-14-9-21-19(22-10-14)18-5-3-7-26-18)13-16-8-17(23-25-16)15-4-2-6-20-11-15/h2-11H,12-13H2,1H3. The molecule has 0 aliphatic rings. The molecule has 4 aromatic heterocycles. The lowest BCUT2D eigenvalue weighted by Gasteiger charge is -2.14. The van der Waals surface area contributed by atoms with Gasteiger partial charge in [-0.15, -0.1) is 11.3 Å². The molecule has 0 unspecified atom stereocenters. The number of thiophene rings is 1. The van der Waals surface area contributed by atoms with E-state index in [1.807, 2.05) is 55.2 Å². The quantitative estimate of drug-likeness (QED) is 0.518. The minimum atomic E-state index is 0.653. The van der Waals surface area contributed by atoms with Crippen LogP contribution in [0.3, 0.4) is 0 Å². The molecule has 0 bridgehead atoms. The molecule has 130 valence electrons. The molecule has 4 rings (SSSR count). The number of rotatable bonds is 6. The van der Waals surface area contributed by atoms with Crippen molar-refractivity contribution in [3.05, 3.63) is 71.8 Å². The molecule has 0 aliphatic heterocycles. The second-order valence-electron chi connectivity index (χ2n) is 5.98. The Bertz CT molecular complexity index is 951. The Kier molecular flexibility index (Phi) is 4.81. The first-order valence-electron chi connectivity index (χ1n) is 8.17. The molecule has 26 heavy (non-hydrogen) atoms. The highest BCUT2D eigenvalue weighted by atomic mass is 32.1. The molecule has 0 radical (unpaired) electrons. The third-order valence-electron chi connectivity index (χ3n) is 3.84. The fourth-order valence-electron chi connectivity index (χ4n) is 2.64. The lowest BCUT2D eigenvalue weighted by Crippen LogP contribution is -2.17. The van der Waals surface area contributed by atoms with Gasteiger partial charge < -0.3 is 4.52 Å². The van der Waals surface area contributed by atoms with Gasteiger partial charge in [0.05, 0.1) is 11.4 Å². The summed E-state index contributed by atoms with van der Waals surface area (Å²) in [7, 11) is 2.03. The molecule has 0 amide bonds. The first kappa shape index (κ1) is 16.6. The summed E-state index contributed by atoms with van der Waals surface area (Å²) >= 11 is 1.64. The number of hydrogen-bond acceptors (Lipinski definition) is 7. The van der Waals surface area contributed by atoms with E-state index < -0.39 is 0 Å². The van der Waals surface area contributed by atoms with E-state index in [2.05, 4.69) is 25.0 Å². The van der Waals surface area contributed by atoms with Crippen LogP contribution in [0, 0.1) is 0 Å². The lowest BCUT2D eigenvalue weighted by molar-refractivity contribution is 0.266. The maximum Gasteiger partial charge on any atom is 0.169 e. The zero-order valence-corrected chi connectivity index (χ0v) is 15.1. The zero-order chi connectivity index (χ0) is 17.8. The van der Waals surface area contributed by atoms with Crippen molar-refractivity contribution in [2.75, 3.05) is 7.05 Å². The molecule has 7 heteroatoms. The Balaban J connectivity index is 1.38. The highest BCUT2D eigenvalue weighted by Gasteiger charge is 2.10. The number of nitrogens with zero attached hydrogens (tertiary/aromatic N) is 5. The van der Waals surface area contributed by atoms with E-state index in [0.717, 1.165) is 39.8 Å². The van der Waals surface area contributed by atoms with E-state index in [1.54, 1.807) is 23.7 Å². The van der Waals surface area contributed by atoms with Gasteiger partial charge in [0, 0.05) is 48.5 Å². The first-order chi connectivity index (χ1) is 12.8. The third-order valence-corrected chi connectivity index (χ3v) is 4.71. The van der Waals surface area contributed by atoms with E-state index in [-0.39, 0.29) is 0 Å². The highest BCUT2D eigenvalue weighted by Crippen LogP contribution is 2.21. The normalized spacial score (nSPS) is 11.2. The summed E-state index contributed by atoms with van der Waals surface area (Å²) in [4.78, 5) is 16.2. The summed E-state index contributed by atoms with van der Waals surface area (Å²) in [6.45, 7) is 1.38. The number of pyridine rings is 1. The maximum absolute atomic E-state index is 5.45. The Morgan fingerprint density at radius 3 is 2.69 bits per heavy atom. The lowest BCUT2D eigenvalue weighted by atomic mass is 10.2. The maximum atomic E-state index is 5.45. The van der Waals surface area contributed by atoms with Crippen LogP contribution in [0.15, 0.2) is 65.0 Å². The molecule has 0 spiro atoms. The van der Waals surface area contributed by atoms with Gasteiger partial charge in [-0.3, -0.25) is 9.88 Å². The van der Waals surface area contributed by atoms with Crippen LogP contribution < -0.4 is 0 Å². The van der Waals surface area contributed by atoms with Gasteiger partial charge in [-0.05, 0) is 30.6 Å². The molecular formula is C19H17N5OS. The molecule has 0 aliphatic carbocycles. The van der Waals surface area contributed by atoms with E-state index in [4.69, 9.17) is 4.52 Å². The van der Waals surface area contributed by atoms with Gasteiger partial charge in [0.2, 0.25) is 0 Å². The van der Waals surface area contributed by atoms with Crippen LogP contribution in [0.4, 0.5) is 0 Å². The van der Waals surface area contributed by atoms with Crippen LogP contribution >= 0.6 is 11.3 Å². The Morgan fingerprint density at radius 1 is 1.08 bits per heavy atom. The average Bonchev–Trinajstić information content (AvgIpc) is 3.35. The highest BCUT2D eigenvalue weighted by molar-refractivity contribution is 7.13. The largest absolute Gasteiger partial charge is 0.359 e. The van der Waals surface area contributed by atoms with Gasteiger partial charge in [0.1, 0.15) is 5.69 Å². The van der Waals surface area contributed by atoms with Crippen molar-refractivity contribution in [2.24, 2.45) is 0 Å². The van der Waals surface area contributed by atoms with E-state index in [0.29, 0.717) is 6.54 Å². The minimum Gasteiger partial charge on any atom is -0.359 e. The molecule has 0 aromatic carbocycles. The minimum absolute atomic E-state index is 0.653. The molecular weight excluding hydrogens is 346 g/mol. The molecule has 0 saturated carbocycles. The Hall–Kier alpha value is -2.90. The second kappa shape index (κ2) is 7.55. The smallest absolute Gasteiger partial charge is 0.169 e. The molecule has 4 aromatic rings. The van der Waals surface area contributed by atoms with Gasteiger partial charge in [-0.1, -0.05) is 11.2 Å². The summed E-state index contributed by atoms with van der Waals surface area (Å²) in [5, 5.41) is 6.15. The fraction of sp³-hybridized carbons (Fsp3) is 0.158. The van der Waals surface area contributed by atoms with Crippen LogP contribution in [0.2, 0.25) is 0 Å². The van der Waals surface area contributed by atoms with E-state index >= 15 is 0 Å². The summed E-state index contributed by atoms with van der Waals surface area (Å²) in [6, 6.07) is 9.82. The third kappa shape index (κ3) is 3.84. The van der Waals surface area contributed by atoms with Crippen LogP contribution in [0.1, 0.15) is 11.3 Å². The summed E-state index contributed by atoms with van der Waals surface area (Å²) in [6.07, 6.45) is 7.27. The SMILES string of the molecule is CN(Cc1cnc(-c2cccs2)nc1)Cc1cc(-c2cccnc2)no1. The van der Waals surface area contributed by atoms with E-state index in [1.165, 1.54) is 0 Å². The summed E-state index contributed by atoms with van der Waals surface area (Å²) < 4.78 is 5.45. The molecule has 0 saturated heterocycles. The topological polar surface area (TPSA) is 67.9 Å². The van der Waals surface area contributed by atoms with Crippen molar-refractivity contribution < 1.29 is 4.52 Å². The molecule has 0 atom stereocenters. The van der Waals surface area contributed by atoms with Crippen molar-refractivity contribution in [1.29, 1.82) is 0 Å². The summed E-state index contributed by atoms with van der Waals surface area (Å²) in [5.41, 5.74) is 2.80. The van der Waals surface area contributed by atoms with Gasteiger partial charge in [-0.25, -0.2) is 9.97 Å². The first-order valence-corrected chi connectivity index (χ1v) is 9.05. The van der Waals surface area contributed by atoms with Gasteiger partial charge in [0.25, 0.3) is 0 Å². The molecule has 4 heterocycles. The zero-order valence-electron chi connectivity index (χ0n) is 14.2. The van der Waals surface area contributed by atoms with Crippen molar-refractivity contribution in [3.63, 3.8) is 0 Å². The van der Waals surface area contributed by atoms with Crippen molar-refractivity contribution in [3.8, 4) is 22.0 Å². The van der Waals surface area contributed by atoms with Gasteiger partial charge in [0.15, 0.2) is 11.6 Å². The van der Waals surface area contributed by atoms with Crippen LogP contribution in [0.5, 0.6) is 0 Å². The number of hydrogen-bond donors (Lipinski definition) is 0. The van der Waals surface area contributed by atoms with Crippen molar-refractivity contribution in [2.45, 2.75) is 13.1 Å². The van der Waals surface area contributed by atoms with Crippen LogP contribution in [-0.4, -0.2) is 32.1 Å². The van der Waals surface area contributed by atoms with Gasteiger partial charge in [-0.2, -0.15) is 0 Å². The van der Waals surface area contributed by atoms with Crippen LogP contribution in [0.25, 0.3) is 22.0 Å². The average molecular weight is 363 g/mol. The van der Waals surface area contributed by atoms with Crippen LogP contribution in [-0.2, 0) is 13.1 Å².